The minimum absolute atomic E-state index is 0.150. The highest BCUT2D eigenvalue weighted by atomic mass is 35.5. The number of halogens is 1. The van der Waals surface area contributed by atoms with E-state index in [0.29, 0.717) is 29.1 Å². The first kappa shape index (κ1) is 17.3. The van der Waals surface area contributed by atoms with Crippen molar-refractivity contribution in [1.29, 1.82) is 0 Å². The highest BCUT2D eigenvalue weighted by Crippen LogP contribution is 2.34. The van der Waals surface area contributed by atoms with E-state index < -0.39 is 22.1 Å². The minimum Gasteiger partial charge on any atom is -0.378 e. The molecule has 1 unspecified atom stereocenters. The van der Waals surface area contributed by atoms with E-state index in [1.807, 2.05) is 0 Å². The summed E-state index contributed by atoms with van der Waals surface area (Å²) in [4.78, 5) is 16.1. The SMILES string of the molecule is NC(=O)C1NCCc2c(OS(=O)(=O)c3c(Cl)nc4sccn34)cccc21. The van der Waals surface area contributed by atoms with Crippen LogP contribution in [0.1, 0.15) is 17.2 Å². The number of benzene rings is 1. The third kappa shape index (κ3) is 2.75. The Hall–Kier alpha value is -2.14. The first-order valence-electron chi connectivity index (χ1n) is 7.58. The standard InChI is InChI=1S/C15H13ClN4O4S2/c16-12-14(20-6-7-25-15(20)19-12)26(22,23)24-10-3-1-2-9-8(10)4-5-18-11(9)13(17)21/h1-3,6-7,11,18H,4-5H2,(H2,17,21). The Morgan fingerprint density at radius 3 is 3.04 bits per heavy atom. The maximum atomic E-state index is 12.8. The molecular formula is C15H13ClN4O4S2. The van der Waals surface area contributed by atoms with Crippen molar-refractivity contribution in [3.05, 3.63) is 46.1 Å². The maximum absolute atomic E-state index is 12.8. The van der Waals surface area contributed by atoms with Crippen molar-refractivity contribution in [2.45, 2.75) is 17.5 Å². The molecule has 1 aliphatic heterocycles. The van der Waals surface area contributed by atoms with Gasteiger partial charge < -0.3 is 15.2 Å². The normalized spacial score (nSPS) is 17.2. The number of hydrogen-bond donors (Lipinski definition) is 2. The molecule has 1 amide bonds. The monoisotopic (exact) mass is 412 g/mol. The molecule has 3 aromatic rings. The third-order valence-electron chi connectivity index (χ3n) is 4.10. The number of carbonyl (C=O) groups is 1. The number of nitrogens with zero attached hydrogens (tertiary/aromatic N) is 2. The van der Waals surface area contributed by atoms with E-state index in [4.69, 9.17) is 21.5 Å². The lowest BCUT2D eigenvalue weighted by atomic mass is 9.93. The van der Waals surface area contributed by atoms with E-state index >= 15 is 0 Å². The number of carbonyl (C=O) groups excluding carboxylic acids is 1. The van der Waals surface area contributed by atoms with Crippen LogP contribution in [-0.2, 0) is 21.3 Å². The molecule has 136 valence electrons. The molecule has 3 heterocycles. The Morgan fingerprint density at radius 1 is 1.46 bits per heavy atom. The van der Waals surface area contributed by atoms with Gasteiger partial charge in [-0.1, -0.05) is 23.7 Å². The molecule has 0 bridgehead atoms. The van der Waals surface area contributed by atoms with Gasteiger partial charge in [0.05, 0.1) is 0 Å². The lowest BCUT2D eigenvalue weighted by Gasteiger charge is -2.26. The fourth-order valence-corrected chi connectivity index (χ4v) is 5.41. The summed E-state index contributed by atoms with van der Waals surface area (Å²) in [6.45, 7) is 0.475. The zero-order chi connectivity index (χ0) is 18.5. The zero-order valence-corrected chi connectivity index (χ0v) is 15.6. The lowest BCUT2D eigenvalue weighted by molar-refractivity contribution is -0.120. The molecule has 0 spiro atoms. The van der Waals surface area contributed by atoms with Gasteiger partial charge in [0.15, 0.2) is 10.1 Å². The number of fused-ring (bicyclic) bond motifs is 2. The number of nitrogens with two attached hydrogens (primary N) is 1. The van der Waals surface area contributed by atoms with Gasteiger partial charge in [-0.15, -0.1) is 11.3 Å². The molecule has 0 saturated heterocycles. The smallest absolute Gasteiger partial charge is 0.358 e. The van der Waals surface area contributed by atoms with E-state index in [1.54, 1.807) is 29.8 Å². The molecule has 1 aromatic carbocycles. The summed E-state index contributed by atoms with van der Waals surface area (Å²) in [6.07, 6.45) is 2.06. The second kappa shape index (κ2) is 6.23. The van der Waals surface area contributed by atoms with Crippen LogP contribution in [0.3, 0.4) is 0 Å². The van der Waals surface area contributed by atoms with Crippen molar-refractivity contribution in [1.82, 2.24) is 14.7 Å². The molecule has 0 saturated carbocycles. The average molecular weight is 413 g/mol. The first-order chi connectivity index (χ1) is 12.4. The Balaban J connectivity index is 1.78. The molecule has 2 aromatic heterocycles. The van der Waals surface area contributed by atoms with Gasteiger partial charge in [0.1, 0.15) is 11.8 Å². The van der Waals surface area contributed by atoms with Crippen LogP contribution < -0.4 is 15.2 Å². The summed E-state index contributed by atoms with van der Waals surface area (Å²) < 4.78 is 32.4. The van der Waals surface area contributed by atoms with Crippen molar-refractivity contribution in [2.24, 2.45) is 5.73 Å². The Kier molecular flexibility index (Phi) is 4.14. The number of amides is 1. The van der Waals surface area contributed by atoms with Crippen LogP contribution in [0.2, 0.25) is 5.15 Å². The highest BCUT2D eigenvalue weighted by Gasteiger charge is 2.31. The summed E-state index contributed by atoms with van der Waals surface area (Å²) in [5.41, 5.74) is 6.65. The molecular weight excluding hydrogens is 400 g/mol. The summed E-state index contributed by atoms with van der Waals surface area (Å²) in [7, 11) is -4.23. The topological polar surface area (TPSA) is 116 Å². The number of rotatable bonds is 4. The summed E-state index contributed by atoms with van der Waals surface area (Å²) >= 11 is 7.27. The van der Waals surface area contributed by atoms with Crippen molar-refractivity contribution in [3.63, 3.8) is 0 Å². The molecule has 4 rings (SSSR count). The molecule has 1 atom stereocenters. The van der Waals surface area contributed by atoms with Crippen LogP contribution in [0.15, 0.2) is 34.8 Å². The fraction of sp³-hybridized carbons (Fsp3) is 0.200. The maximum Gasteiger partial charge on any atom is 0.358 e. The molecule has 0 fully saturated rings. The highest BCUT2D eigenvalue weighted by molar-refractivity contribution is 7.87. The van der Waals surface area contributed by atoms with Gasteiger partial charge in [-0.2, -0.15) is 8.42 Å². The number of imidazole rings is 1. The third-order valence-corrected chi connectivity index (χ3v) is 6.50. The molecule has 0 aliphatic carbocycles. The molecule has 8 nitrogen and oxygen atoms in total. The molecule has 0 radical (unpaired) electrons. The summed E-state index contributed by atoms with van der Waals surface area (Å²) in [5.74, 6) is -0.388. The molecule has 1 aliphatic rings. The van der Waals surface area contributed by atoms with E-state index in [0.717, 1.165) is 0 Å². The van der Waals surface area contributed by atoms with E-state index in [2.05, 4.69) is 10.3 Å². The number of thiazole rings is 1. The van der Waals surface area contributed by atoms with Gasteiger partial charge in [0.25, 0.3) is 0 Å². The largest absolute Gasteiger partial charge is 0.378 e. The van der Waals surface area contributed by atoms with Crippen molar-refractivity contribution in [3.8, 4) is 5.75 Å². The van der Waals surface area contributed by atoms with Crippen LogP contribution in [0.4, 0.5) is 0 Å². The van der Waals surface area contributed by atoms with Crippen molar-refractivity contribution >= 4 is 43.9 Å². The summed E-state index contributed by atoms with van der Waals surface area (Å²) in [6, 6.07) is 4.19. The van der Waals surface area contributed by atoms with Gasteiger partial charge in [0.2, 0.25) is 10.9 Å². The second-order valence-electron chi connectivity index (χ2n) is 5.66. The molecule has 3 N–H and O–H groups in total. The van der Waals surface area contributed by atoms with Crippen molar-refractivity contribution < 1.29 is 17.4 Å². The lowest BCUT2D eigenvalue weighted by Crippen LogP contribution is -2.38. The van der Waals surface area contributed by atoms with E-state index in [9.17, 15) is 13.2 Å². The molecule has 11 heteroatoms. The zero-order valence-electron chi connectivity index (χ0n) is 13.2. The van der Waals surface area contributed by atoms with Crippen LogP contribution >= 0.6 is 22.9 Å². The second-order valence-corrected chi connectivity index (χ2v) is 8.36. The van der Waals surface area contributed by atoms with Crippen LogP contribution in [-0.4, -0.2) is 30.3 Å². The van der Waals surface area contributed by atoms with Gasteiger partial charge in [-0.3, -0.25) is 9.20 Å². The van der Waals surface area contributed by atoms with Gasteiger partial charge in [0, 0.05) is 23.7 Å². The number of nitrogens with one attached hydrogen (secondary N) is 1. The van der Waals surface area contributed by atoms with Crippen LogP contribution in [0, 0.1) is 0 Å². The fourth-order valence-electron chi connectivity index (χ4n) is 3.02. The Bertz CT molecular complexity index is 1120. The van der Waals surface area contributed by atoms with Gasteiger partial charge in [-0.05, 0) is 18.1 Å². The minimum atomic E-state index is -4.23. The Labute approximate surface area is 157 Å². The number of primary amides is 1. The van der Waals surface area contributed by atoms with Crippen LogP contribution in [0.25, 0.3) is 4.96 Å². The van der Waals surface area contributed by atoms with Crippen LogP contribution in [0.5, 0.6) is 5.75 Å². The van der Waals surface area contributed by atoms with E-state index in [1.165, 1.54) is 15.7 Å². The number of aromatic nitrogens is 2. The Morgan fingerprint density at radius 2 is 2.27 bits per heavy atom. The van der Waals surface area contributed by atoms with E-state index in [-0.39, 0.29) is 15.9 Å². The quantitative estimate of drug-likeness (QED) is 0.627. The summed E-state index contributed by atoms with van der Waals surface area (Å²) in [5, 5.41) is 4.33. The average Bonchev–Trinajstić information content (AvgIpc) is 3.13. The van der Waals surface area contributed by atoms with Gasteiger partial charge >= 0.3 is 10.1 Å². The van der Waals surface area contributed by atoms with Gasteiger partial charge in [-0.25, -0.2) is 4.98 Å². The number of hydrogen-bond acceptors (Lipinski definition) is 7. The molecule has 26 heavy (non-hydrogen) atoms. The van der Waals surface area contributed by atoms with Crippen molar-refractivity contribution in [2.75, 3.05) is 6.54 Å². The first-order valence-corrected chi connectivity index (χ1v) is 10.2. The predicted octanol–water partition coefficient (Wildman–Crippen LogP) is 1.49. The predicted molar refractivity (Wildman–Crippen MR) is 96.0 cm³/mol.